The highest BCUT2D eigenvalue weighted by molar-refractivity contribution is 6.30. The van der Waals surface area contributed by atoms with Crippen molar-refractivity contribution in [1.82, 2.24) is 0 Å². The Morgan fingerprint density at radius 1 is 0.917 bits per heavy atom. The molecule has 0 saturated heterocycles. The number of halogens is 1. The number of methoxy groups -OCH3 is 1. The maximum atomic E-state index is 12.7. The molecule has 0 fully saturated rings. The summed E-state index contributed by atoms with van der Waals surface area (Å²) in [7, 11) is 1.44. The van der Waals surface area contributed by atoms with Crippen molar-refractivity contribution in [2.45, 2.75) is 13.3 Å². The average Bonchev–Trinajstić information content (AvgIpc) is 2.91. The first kappa shape index (κ1) is 26.1. The zero-order chi connectivity index (χ0) is 25.9. The topological polar surface area (TPSA) is 92.3 Å². The van der Waals surface area contributed by atoms with Gasteiger partial charge in [0.15, 0.2) is 11.5 Å². The summed E-state index contributed by atoms with van der Waals surface area (Å²) in [5.74, 6) is 0.322. The summed E-state index contributed by atoms with van der Waals surface area (Å²) in [6.07, 6.45) is 4.03. The van der Waals surface area contributed by atoms with E-state index in [1.807, 2.05) is 13.0 Å². The Morgan fingerprint density at radius 2 is 1.61 bits per heavy atom. The second-order valence-corrected chi connectivity index (χ2v) is 8.00. The van der Waals surface area contributed by atoms with Crippen molar-refractivity contribution < 1.29 is 19.0 Å². The molecule has 0 heterocycles. The summed E-state index contributed by atoms with van der Waals surface area (Å²) in [4.78, 5) is 12.7. The molecule has 0 N–H and O–H groups in total. The van der Waals surface area contributed by atoms with Crippen LogP contribution < -0.4 is 14.2 Å². The highest BCUT2D eigenvalue weighted by atomic mass is 35.5. The quantitative estimate of drug-likeness (QED) is 0.107. The van der Waals surface area contributed by atoms with Crippen LogP contribution in [0, 0.1) is 22.7 Å². The molecular weight excluding hydrogens is 476 g/mol. The van der Waals surface area contributed by atoms with Gasteiger partial charge in [0, 0.05) is 5.02 Å². The van der Waals surface area contributed by atoms with Crippen LogP contribution in [0.4, 0.5) is 0 Å². The van der Waals surface area contributed by atoms with E-state index in [0.717, 1.165) is 6.42 Å². The van der Waals surface area contributed by atoms with Gasteiger partial charge in [-0.2, -0.15) is 10.5 Å². The van der Waals surface area contributed by atoms with Crippen molar-refractivity contribution in [3.05, 3.63) is 94.0 Å². The molecule has 3 aromatic rings. The van der Waals surface area contributed by atoms with E-state index in [1.165, 1.54) is 13.2 Å². The van der Waals surface area contributed by atoms with Gasteiger partial charge >= 0.3 is 5.97 Å². The van der Waals surface area contributed by atoms with Gasteiger partial charge in [-0.3, -0.25) is 0 Å². The third-order valence-corrected chi connectivity index (χ3v) is 5.23. The standard InChI is InChI=1S/C29H23ClN2O4/c1-3-14-35-26-11-4-20(5-12-26)15-24(19-32)29(33)36-27-13-6-21(17-28(27)34-2)16-23(18-31)22-7-9-25(30)10-8-22/h4-13,15-17H,3,14H2,1-2H3/b23-16+,24-15+. The van der Waals surface area contributed by atoms with Crippen LogP contribution in [-0.2, 0) is 4.79 Å². The molecule has 0 spiro atoms. The Morgan fingerprint density at radius 3 is 2.22 bits per heavy atom. The Bertz CT molecular complexity index is 1360. The van der Waals surface area contributed by atoms with Crippen LogP contribution in [-0.4, -0.2) is 19.7 Å². The van der Waals surface area contributed by atoms with E-state index in [4.69, 9.17) is 25.8 Å². The van der Waals surface area contributed by atoms with Gasteiger partial charge in [-0.25, -0.2) is 4.79 Å². The van der Waals surface area contributed by atoms with Crippen LogP contribution in [0.1, 0.15) is 30.0 Å². The van der Waals surface area contributed by atoms with E-state index in [1.54, 1.807) is 72.8 Å². The van der Waals surface area contributed by atoms with Crippen LogP contribution in [0.25, 0.3) is 17.7 Å². The number of allylic oxidation sites excluding steroid dienone is 1. The molecule has 0 atom stereocenters. The lowest BCUT2D eigenvalue weighted by molar-refractivity contribution is -0.129. The van der Waals surface area contributed by atoms with Gasteiger partial charge in [0.2, 0.25) is 0 Å². The zero-order valence-corrected chi connectivity index (χ0v) is 20.6. The van der Waals surface area contributed by atoms with Gasteiger partial charge in [0.1, 0.15) is 17.4 Å². The number of nitriles is 2. The number of rotatable bonds is 9. The fourth-order valence-corrected chi connectivity index (χ4v) is 3.30. The highest BCUT2D eigenvalue weighted by Gasteiger charge is 2.16. The molecule has 6 nitrogen and oxygen atoms in total. The van der Waals surface area contributed by atoms with Crippen molar-refractivity contribution in [3.63, 3.8) is 0 Å². The van der Waals surface area contributed by atoms with Crippen molar-refractivity contribution >= 4 is 35.3 Å². The molecule has 180 valence electrons. The minimum absolute atomic E-state index is 0.147. The maximum absolute atomic E-state index is 12.7. The van der Waals surface area contributed by atoms with Crippen LogP contribution in [0.15, 0.2) is 72.3 Å². The van der Waals surface area contributed by atoms with Gasteiger partial charge in [0.25, 0.3) is 0 Å². The summed E-state index contributed by atoms with van der Waals surface area (Å²) in [5, 5.41) is 19.7. The zero-order valence-electron chi connectivity index (χ0n) is 19.8. The van der Waals surface area contributed by atoms with Gasteiger partial charge in [-0.15, -0.1) is 0 Å². The number of benzene rings is 3. The van der Waals surface area contributed by atoms with Crippen LogP contribution in [0.2, 0.25) is 5.02 Å². The van der Waals surface area contributed by atoms with Crippen LogP contribution in [0.3, 0.4) is 0 Å². The highest BCUT2D eigenvalue weighted by Crippen LogP contribution is 2.31. The van der Waals surface area contributed by atoms with E-state index in [2.05, 4.69) is 6.07 Å². The maximum Gasteiger partial charge on any atom is 0.354 e. The molecule has 3 aromatic carbocycles. The molecule has 0 unspecified atom stereocenters. The van der Waals surface area contributed by atoms with Crippen LogP contribution >= 0.6 is 11.6 Å². The molecule has 0 saturated carbocycles. The SMILES string of the molecule is CCCOc1ccc(/C=C(\C#N)C(=O)Oc2ccc(/C=C(\C#N)c3ccc(Cl)cc3)cc2OC)cc1. The van der Waals surface area contributed by atoms with Gasteiger partial charge in [0.05, 0.1) is 25.4 Å². The summed E-state index contributed by atoms with van der Waals surface area (Å²) in [6, 6.07) is 22.9. The first-order chi connectivity index (χ1) is 17.5. The predicted octanol–water partition coefficient (Wildman–Crippen LogP) is 6.71. The van der Waals surface area contributed by atoms with Crippen molar-refractivity contribution in [2.24, 2.45) is 0 Å². The third kappa shape index (κ3) is 6.99. The van der Waals surface area contributed by atoms with Gasteiger partial charge in [-0.05, 0) is 71.7 Å². The number of carbonyl (C=O) groups excluding carboxylic acids is 1. The Labute approximate surface area is 215 Å². The molecule has 0 aromatic heterocycles. The minimum atomic E-state index is -0.815. The molecule has 0 amide bonds. The predicted molar refractivity (Wildman–Crippen MR) is 139 cm³/mol. The third-order valence-electron chi connectivity index (χ3n) is 4.98. The van der Waals surface area contributed by atoms with Gasteiger partial charge in [-0.1, -0.05) is 48.9 Å². The van der Waals surface area contributed by atoms with Crippen molar-refractivity contribution in [3.8, 4) is 29.4 Å². The van der Waals surface area contributed by atoms with Crippen molar-refractivity contribution in [1.29, 1.82) is 10.5 Å². The molecule has 0 radical (unpaired) electrons. The number of esters is 1. The molecular formula is C29H23ClN2O4. The number of hydrogen-bond donors (Lipinski definition) is 0. The lowest BCUT2D eigenvalue weighted by atomic mass is 10.0. The first-order valence-electron chi connectivity index (χ1n) is 11.1. The van der Waals surface area contributed by atoms with Crippen molar-refractivity contribution in [2.75, 3.05) is 13.7 Å². The lowest BCUT2D eigenvalue weighted by Crippen LogP contribution is -2.11. The van der Waals surface area contributed by atoms with E-state index in [9.17, 15) is 15.3 Å². The van der Waals surface area contributed by atoms with E-state index >= 15 is 0 Å². The van der Waals surface area contributed by atoms with E-state index < -0.39 is 5.97 Å². The summed E-state index contributed by atoms with van der Waals surface area (Å²) < 4.78 is 16.4. The molecule has 0 aliphatic carbocycles. The molecule has 0 bridgehead atoms. The normalized spacial score (nSPS) is 11.2. The molecule has 3 rings (SSSR count). The largest absolute Gasteiger partial charge is 0.494 e. The second-order valence-electron chi connectivity index (χ2n) is 7.56. The first-order valence-corrected chi connectivity index (χ1v) is 11.5. The minimum Gasteiger partial charge on any atom is -0.494 e. The number of nitrogens with zero attached hydrogens (tertiary/aromatic N) is 2. The average molecular weight is 499 g/mol. The molecule has 0 aliphatic rings. The molecule has 7 heteroatoms. The number of hydrogen-bond acceptors (Lipinski definition) is 6. The van der Waals surface area contributed by atoms with E-state index in [0.29, 0.717) is 39.6 Å². The fourth-order valence-electron chi connectivity index (χ4n) is 3.17. The second kappa shape index (κ2) is 12.8. The molecule has 36 heavy (non-hydrogen) atoms. The number of carbonyl (C=O) groups is 1. The molecule has 0 aliphatic heterocycles. The lowest BCUT2D eigenvalue weighted by Gasteiger charge is -2.10. The fraction of sp³-hybridized carbons (Fsp3) is 0.138. The number of ether oxygens (including phenoxy) is 3. The Kier molecular flexibility index (Phi) is 9.28. The summed E-state index contributed by atoms with van der Waals surface area (Å²) in [5.41, 5.74) is 2.30. The Balaban J connectivity index is 1.79. The monoisotopic (exact) mass is 498 g/mol. The van der Waals surface area contributed by atoms with E-state index in [-0.39, 0.29) is 17.1 Å². The Hall–Kier alpha value is -4.52. The van der Waals surface area contributed by atoms with Gasteiger partial charge < -0.3 is 14.2 Å². The summed E-state index contributed by atoms with van der Waals surface area (Å²) >= 11 is 5.93. The summed E-state index contributed by atoms with van der Waals surface area (Å²) in [6.45, 7) is 2.63. The smallest absolute Gasteiger partial charge is 0.354 e. The van der Waals surface area contributed by atoms with Crippen LogP contribution in [0.5, 0.6) is 17.2 Å².